The Morgan fingerprint density at radius 2 is 2.10 bits per heavy atom. The average Bonchev–Trinajstić information content (AvgIpc) is 2.76. The Morgan fingerprint density at radius 1 is 1.38 bits per heavy atom. The third-order valence-electron chi connectivity index (χ3n) is 4.33. The van der Waals surface area contributed by atoms with Crippen molar-refractivity contribution in [1.29, 1.82) is 0 Å². The van der Waals surface area contributed by atoms with Gasteiger partial charge in [0.2, 0.25) is 10.0 Å². The molecule has 4 nitrogen and oxygen atoms in total. The number of rotatable bonds is 5. The molecule has 1 aromatic rings. The molecule has 1 fully saturated rings. The van der Waals surface area contributed by atoms with Crippen LogP contribution < -0.4 is 10.5 Å². The van der Waals surface area contributed by atoms with Gasteiger partial charge in [0, 0.05) is 12.6 Å². The standard InChI is InChI=1S/C16H26N2O2S/c1-4-13-6-5-12(11-17)9-15(13)21(19,20)18-14-7-8-16(2,3)10-14/h5-6,9,14,18H,4,7-8,10-11,17H2,1-3H3. The molecule has 1 saturated carbocycles. The molecular weight excluding hydrogens is 284 g/mol. The van der Waals surface area contributed by atoms with E-state index in [4.69, 9.17) is 5.73 Å². The van der Waals surface area contributed by atoms with Crippen LogP contribution in [-0.4, -0.2) is 14.5 Å². The molecule has 0 spiro atoms. The van der Waals surface area contributed by atoms with Crippen molar-refractivity contribution in [3.05, 3.63) is 29.3 Å². The van der Waals surface area contributed by atoms with E-state index in [1.165, 1.54) is 0 Å². The van der Waals surface area contributed by atoms with Gasteiger partial charge in [-0.2, -0.15) is 0 Å². The van der Waals surface area contributed by atoms with Crippen molar-refractivity contribution in [3.8, 4) is 0 Å². The first-order chi connectivity index (χ1) is 9.77. The van der Waals surface area contributed by atoms with Gasteiger partial charge in [0.25, 0.3) is 0 Å². The molecule has 0 aromatic heterocycles. The van der Waals surface area contributed by atoms with Crippen LogP contribution in [-0.2, 0) is 23.0 Å². The highest BCUT2D eigenvalue weighted by molar-refractivity contribution is 7.89. The number of nitrogens with two attached hydrogens (primary N) is 1. The Labute approximate surface area is 128 Å². The summed E-state index contributed by atoms with van der Waals surface area (Å²) < 4.78 is 28.3. The summed E-state index contributed by atoms with van der Waals surface area (Å²) in [5.41, 5.74) is 7.55. The summed E-state index contributed by atoms with van der Waals surface area (Å²) in [7, 11) is -3.47. The van der Waals surface area contributed by atoms with Gasteiger partial charge in [0.05, 0.1) is 4.90 Å². The van der Waals surface area contributed by atoms with Crippen LogP contribution in [0.5, 0.6) is 0 Å². The number of nitrogens with one attached hydrogen (secondary N) is 1. The Balaban J connectivity index is 2.27. The van der Waals surface area contributed by atoms with Crippen molar-refractivity contribution in [1.82, 2.24) is 4.72 Å². The highest BCUT2D eigenvalue weighted by Crippen LogP contribution is 2.37. The SMILES string of the molecule is CCc1ccc(CN)cc1S(=O)(=O)NC1CCC(C)(C)C1. The molecule has 0 amide bonds. The van der Waals surface area contributed by atoms with Gasteiger partial charge in [-0.15, -0.1) is 0 Å². The molecule has 0 bridgehead atoms. The van der Waals surface area contributed by atoms with E-state index >= 15 is 0 Å². The molecule has 0 radical (unpaired) electrons. The van der Waals surface area contributed by atoms with Crippen molar-refractivity contribution in [2.75, 3.05) is 0 Å². The maximum atomic E-state index is 12.7. The first-order valence-electron chi connectivity index (χ1n) is 7.61. The van der Waals surface area contributed by atoms with Gasteiger partial charge >= 0.3 is 0 Å². The lowest BCUT2D eigenvalue weighted by Gasteiger charge is -2.19. The minimum absolute atomic E-state index is 0.0382. The van der Waals surface area contributed by atoms with Crippen LogP contribution in [0.2, 0.25) is 0 Å². The van der Waals surface area contributed by atoms with Crippen LogP contribution in [0.3, 0.4) is 0 Å². The zero-order valence-electron chi connectivity index (χ0n) is 13.1. The van der Waals surface area contributed by atoms with Crippen molar-refractivity contribution in [2.45, 2.75) is 63.9 Å². The predicted octanol–water partition coefficient (Wildman–Crippen LogP) is 2.56. The van der Waals surface area contributed by atoms with E-state index in [-0.39, 0.29) is 11.5 Å². The fourth-order valence-corrected chi connectivity index (χ4v) is 4.72. The number of hydrogen-bond acceptors (Lipinski definition) is 3. The number of sulfonamides is 1. The van der Waals surface area contributed by atoms with Crippen LogP contribution in [0, 0.1) is 5.41 Å². The fourth-order valence-electron chi connectivity index (χ4n) is 3.09. The lowest BCUT2D eigenvalue weighted by atomic mass is 9.92. The normalized spacial score (nSPS) is 21.6. The second kappa shape index (κ2) is 6.07. The van der Waals surface area contributed by atoms with E-state index in [1.807, 2.05) is 19.1 Å². The average molecular weight is 310 g/mol. The molecule has 0 heterocycles. The van der Waals surface area contributed by atoms with Gasteiger partial charge < -0.3 is 5.73 Å². The molecule has 1 aliphatic rings. The summed E-state index contributed by atoms with van der Waals surface area (Å²) in [6, 6.07) is 5.52. The molecule has 21 heavy (non-hydrogen) atoms. The summed E-state index contributed by atoms with van der Waals surface area (Å²) >= 11 is 0. The van der Waals surface area contributed by atoms with Gasteiger partial charge in [-0.05, 0) is 48.3 Å². The Kier molecular flexibility index (Phi) is 4.76. The summed E-state index contributed by atoms with van der Waals surface area (Å²) in [6.07, 6.45) is 3.55. The molecule has 1 aromatic carbocycles. The monoisotopic (exact) mass is 310 g/mol. The maximum Gasteiger partial charge on any atom is 0.241 e. The minimum Gasteiger partial charge on any atom is -0.326 e. The molecule has 1 aliphatic carbocycles. The molecule has 2 rings (SSSR count). The fraction of sp³-hybridized carbons (Fsp3) is 0.625. The van der Waals surface area contributed by atoms with Crippen LogP contribution in [0.25, 0.3) is 0 Å². The maximum absolute atomic E-state index is 12.7. The highest BCUT2D eigenvalue weighted by Gasteiger charge is 2.33. The molecular formula is C16H26N2O2S. The first kappa shape index (κ1) is 16.5. The summed E-state index contributed by atoms with van der Waals surface area (Å²) in [4.78, 5) is 0.387. The Bertz CT molecular complexity index is 609. The lowest BCUT2D eigenvalue weighted by Crippen LogP contribution is -2.34. The number of aryl methyl sites for hydroxylation is 1. The van der Waals surface area contributed by atoms with Crippen molar-refractivity contribution in [2.24, 2.45) is 11.1 Å². The molecule has 0 saturated heterocycles. The molecule has 0 aliphatic heterocycles. The van der Waals surface area contributed by atoms with Crippen LogP contribution >= 0.6 is 0 Å². The zero-order valence-corrected chi connectivity index (χ0v) is 14.0. The Morgan fingerprint density at radius 3 is 2.62 bits per heavy atom. The topological polar surface area (TPSA) is 72.2 Å². The molecule has 3 N–H and O–H groups in total. The first-order valence-corrected chi connectivity index (χ1v) is 9.10. The third-order valence-corrected chi connectivity index (χ3v) is 5.93. The highest BCUT2D eigenvalue weighted by atomic mass is 32.2. The summed E-state index contributed by atoms with van der Waals surface area (Å²) in [5, 5.41) is 0. The number of hydrogen-bond donors (Lipinski definition) is 2. The van der Waals surface area contributed by atoms with Gasteiger partial charge in [-0.3, -0.25) is 0 Å². The molecule has 5 heteroatoms. The molecule has 118 valence electrons. The lowest BCUT2D eigenvalue weighted by molar-refractivity contribution is 0.372. The summed E-state index contributed by atoms with van der Waals surface area (Å²) in [6.45, 7) is 6.69. The van der Waals surface area contributed by atoms with E-state index in [1.54, 1.807) is 6.07 Å². The minimum atomic E-state index is -3.47. The van der Waals surface area contributed by atoms with Crippen LogP contribution in [0.1, 0.15) is 51.2 Å². The van der Waals surface area contributed by atoms with Crippen molar-refractivity contribution < 1.29 is 8.42 Å². The van der Waals surface area contributed by atoms with Gasteiger partial charge in [-0.25, -0.2) is 13.1 Å². The van der Waals surface area contributed by atoms with E-state index in [9.17, 15) is 8.42 Å². The third kappa shape index (κ3) is 3.84. The van der Waals surface area contributed by atoms with E-state index in [2.05, 4.69) is 18.6 Å². The second-order valence-electron chi connectivity index (χ2n) is 6.72. The van der Waals surface area contributed by atoms with Gasteiger partial charge in [0.1, 0.15) is 0 Å². The number of benzene rings is 1. The van der Waals surface area contributed by atoms with E-state index < -0.39 is 10.0 Å². The summed E-state index contributed by atoms with van der Waals surface area (Å²) in [5.74, 6) is 0. The quantitative estimate of drug-likeness (QED) is 0.878. The van der Waals surface area contributed by atoms with Crippen molar-refractivity contribution >= 4 is 10.0 Å². The molecule has 1 unspecified atom stereocenters. The zero-order chi connectivity index (χ0) is 15.7. The van der Waals surface area contributed by atoms with Crippen LogP contribution in [0.15, 0.2) is 23.1 Å². The van der Waals surface area contributed by atoms with E-state index in [0.29, 0.717) is 17.9 Å². The Hall–Kier alpha value is -0.910. The second-order valence-corrected chi connectivity index (χ2v) is 8.41. The van der Waals surface area contributed by atoms with Crippen molar-refractivity contribution in [3.63, 3.8) is 0 Å². The van der Waals surface area contributed by atoms with Gasteiger partial charge in [0.15, 0.2) is 0 Å². The van der Waals surface area contributed by atoms with Gasteiger partial charge in [-0.1, -0.05) is 32.9 Å². The smallest absolute Gasteiger partial charge is 0.241 e. The predicted molar refractivity (Wildman–Crippen MR) is 85.5 cm³/mol. The largest absolute Gasteiger partial charge is 0.326 e. The van der Waals surface area contributed by atoms with E-state index in [0.717, 1.165) is 30.4 Å². The van der Waals surface area contributed by atoms with Crippen LogP contribution in [0.4, 0.5) is 0 Å². The molecule has 1 atom stereocenters.